The van der Waals surface area contributed by atoms with Crippen LogP contribution < -0.4 is 16.0 Å². The second-order valence-electron chi connectivity index (χ2n) is 33.0. The van der Waals surface area contributed by atoms with E-state index in [1.165, 1.54) is 85.8 Å². The number of allylic oxidation sites excluding steroid dienone is 2. The van der Waals surface area contributed by atoms with Gasteiger partial charge in [0.2, 0.25) is 70.9 Å². The van der Waals surface area contributed by atoms with Gasteiger partial charge in [-0.2, -0.15) is 13.2 Å². The number of nitrogens with one attached hydrogen (secondary N) is 3. The van der Waals surface area contributed by atoms with E-state index in [1.54, 1.807) is 19.9 Å². The van der Waals surface area contributed by atoms with E-state index in [0.29, 0.717) is 57.8 Å². The normalized spacial score (nSPS) is 32.5. The topological polar surface area (TPSA) is 279 Å². The summed E-state index contributed by atoms with van der Waals surface area (Å²) in [5.41, 5.74) is -2.31. The van der Waals surface area contributed by atoms with Crippen molar-refractivity contribution in [2.75, 3.05) is 89.2 Å². The molecule has 0 aromatic carbocycles. The zero-order valence-corrected chi connectivity index (χ0v) is 66.4. The van der Waals surface area contributed by atoms with Gasteiger partial charge in [0.25, 0.3) is 0 Å². The number of amides is 12. The lowest BCUT2D eigenvalue weighted by atomic mass is 9.58. The fourth-order valence-electron chi connectivity index (χ4n) is 17.8. The molecule has 0 radical (unpaired) electrons. The number of rotatable bonds is 11. The molecule has 1 spiro atoms. The van der Waals surface area contributed by atoms with Crippen LogP contribution >= 0.6 is 0 Å². The van der Waals surface area contributed by atoms with Gasteiger partial charge in [-0.25, -0.2) is 8.78 Å². The lowest BCUT2D eigenvalue weighted by molar-refractivity contribution is -0.219. The first kappa shape index (κ1) is 88.0. The van der Waals surface area contributed by atoms with Crippen LogP contribution in [0.25, 0.3) is 0 Å². The fraction of sp³-hybridized carbons (Fsp3) is 0.795. The maximum atomic E-state index is 15.8. The molecule has 12 atom stereocenters. The van der Waals surface area contributed by atoms with E-state index in [0.717, 1.165) is 27.5 Å². The van der Waals surface area contributed by atoms with Gasteiger partial charge in [0, 0.05) is 82.5 Å². The smallest absolute Gasteiger partial charge is 0.377 e. The Kier molecular flexibility index (Phi) is 31.0. The van der Waals surface area contributed by atoms with Crippen molar-refractivity contribution in [1.29, 1.82) is 0 Å². The van der Waals surface area contributed by atoms with E-state index < -0.39 is 217 Å². The van der Waals surface area contributed by atoms with Crippen molar-refractivity contribution < 1.29 is 84.2 Å². The van der Waals surface area contributed by atoms with E-state index in [9.17, 15) is 32.3 Å². The first-order chi connectivity index (χ1) is 50.7. The molecule has 608 valence electrons. The molecule has 2 unspecified atom stereocenters. The summed E-state index contributed by atoms with van der Waals surface area (Å²) in [6.07, 6.45) is -0.217. The largest absolute Gasteiger partial charge is 0.397 e. The molecule has 7 aliphatic heterocycles. The molecule has 6 bridgehead atoms. The average molecular weight is 1530 g/mol. The Balaban J connectivity index is 1.39. The van der Waals surface area contributed by atoms with Crippen molar-refractivity contribution in [2.45, 2.75) is 268 Å². The summed E-state index contributed by atoms with van der Waals surface area (Å²) >= 11 is 0. The van der Waals surface area contributed by atoms with Crippen molar-refractivity contribution >= 4 is 70.9 Å². The quantitative estimate of drug-likeness (QED) is 0.143. The van der Waals surface area contributed by atoms with Gasteiger partial charge in [-0.15, -0.1) is 0 Å². The van der Waals surface area contributed by atoms with Crippen molar-refractivity contribution in [1.82, 2.24) is 60.0 Å². The predicted molar refractivity (Wildman–Crippen MR) is 394 cm³/mol. The van der Waals surface area contributed by atoms with Gasteiger partial charge < -0.3 is 64.8 Å². The number of carbonyl (C=O) groups excluding carboxylic acids is 12. The molecule has 12 amide bonds. The molecule has 30 heteroatoms. The van der Waals surface area contributed by atoms with Gasteiger partial charge in [-0.3, -0.25) is 57.5 Å². The maximum Gasteiger partial charge on any atom is 0.397 e. The summed E-state index contributed by atoms with van der Waals surface area (Å²) < 4.78 is 79.2. The molecule has 0 aromatic rings. The number of ether oxygens (including phenoxy) is 1. The minimum absolute atomic E-state index is 0.0108. The van der Waals surface area contributed by atoms with Crippen molar-refractivity contribution in [3.8, 4) is 0 Å². The van der Waals surface area contributed by atoms with E-state index in [-0.39, 0.29) is 76.5 Å². The van der Waals surface area contributed by atoms with Gasteiger partial charge >= 0.3 is 6.18 Å². The minimum Gasteiger partial charge on any atom is -0.377 e. The Morgan fingerprint density at radius 3 is 1.86 bits per heavy atom. The molecule has 25 nitrogen and oxygen atoms in total. The molecule has 7 heterocycles. The third-order valence-corrected chi connectivity index (χ3v) is 24.3. The van der Waals surface area contributed by atoms with Crippen molar-refractivity contribution in [3.05, 3.63) is 24.3 Å². The Morgan fingerprint density at radius 1 is 0.639 bits per heavy atom. The Hall–Kier alpha value is -7.27. The maximum absolute atomic E-state index is 15.8. The highest BCUT2D eigenvalue weighted by atomic mass is 19.4. The van der Waals surface area contributed by atoms with Gasteiger partial charge in [0.15, 0.2) is 0 Å². The minimum atomic E-state index is -5.18. The number of halogens is 5. The summed E-state index contributed by atoms with van der Waals surface area (Å²) in [7, 11) is 11.3. The number of hydrogen-bond donors (Lipinski definition) is 3. The second kappa shape index (κ2) is 38.1. The monoisotopic (exact) mass is 1530 g/mol. The lowest BCUT2D eigenvalue weighted by Crippen LogP contribution is -2.71. The van der Waals surface area contributed by atoms with Gasteiger partial charge in [0.1, 0.15) is 72.1 Å². The molecular weight excluding hydrogens is 1410 g/mol. The number of carbonyl (C=O) groups is 12. The third-order valence-electron chi connectivity index (χ3n) is 24.3. The third kappa shape index (κ3) is 21.2. The van der Waals surface area contributed by atoms with E-state index in [2.05, 4.69) is 28.1 Å². The number of alkyl halides is 5. The first-order valence-corrected chi connectivity index (χ1v) is 39.3. The van der Waals surface area contributed by atoms with Crippen LogP contribution in [0.4, 0.5) is 22.0 Å². The molecule has 3 aliphatic carbocycles. The molecule has 0 aromatic heterocycles. The van der Waals surface area contributed by atoms with Gasteiger partial charge in [-0.1, -0.05) is 91.5 Å². The van der Waals surface area contributed by atoms with Crippen LogP contribution in [-0.4, -0.2) is 283 Å². The molecule has 5 fully saturated rings. The molecule has 10 aliphatic rings. The van der Waals surface area contributed by atoms with Gasteiger partial charge in [-0.05, 0) is 145 Å². The Bertz CT molecular complexity index is 3250. The van der Waals surface area contributed by atoms with Crippen LogP contribution in [0.2, 0.25) is 0 Å². The van der Waals surface area contributed by atoms with Crippen LogP contribution in [0.5, 0.6) is 0 Å². The number of hydrogen-bond acceptors (Lipinski definition) is 13. The zero-order chi connectivity index (χ0) is 80.2. The Labute approximate surface area is 635 Å². The van der Waals surface area contributed by atoms with E-state index in [4.69, 9.17) is 4.74 Å². The summed E-state index contributed by atoms with van der Waals surface area (Å²) in [5, 5.41) is 8.69. The van der Waals surface area contributed by atoms with Crippen LogP contribution in [-0.2, 0) is 62.3 Å². The summed E-state index contributed by atoms with van der Waals surface area (Å²) in [4.78, 5) is 194. The molecule has 2 saturated heterocycles. The molecule has 3 N–H and O–H groups in total. The average Bonchev–Trinajstić information content (AvgIpc) is 1.14. The van der Waals surface area contributed by atoms with Crippen LogP contribution in [0.15, 0.2) is 24.3 Å². The second-order valence-corrected chi connectivity index (χ2v) is 33.0. The standard InChI is InChI=1S/C78H123F5N12O13/c1-16-47(5)65-73(105)89(11)44-63(98)91(13)57-29-25-22-26-36-94(72(57)104)60-39-49-32-30-48(31-33-49)27-23-20-21-24-28-56(67(99)85-65)90(12)62(97)41-59(70(102)87(8)9)92(14)74(106)66(51(17-2)18-3)93(15)75(107)77(45-76(6,7)46-77)86-68(100)58-40-52(108-19-4)42-95(58)69(101)55(84-61(96)43-88(10)71(60)103)35-34-50-37-53(79)64(54(80)38-50)78(81,82)83/h22-23,25,27,47-60,64-66H,16-21,24,26,28-46H2,1-15H3,(H,84,96)(H,85,99)(H,86,100)/b25-22-,27-23+/t47-,48?,49?,50?,52+,53?,54?,55-,56-,57-,58-,59-,60-,64?,65-,66-/m0/s1. The SMILES string of the molecule is CCO[C@@H]1C[C@H]2C(=O)NC3(CC(C)(C)C3)C(=O)N(C)[C@@H](C(CC)CC)C(=O)N(C)[C@H](C(=O)N(C)C)CC(=O)N(C)[C@H]3CCCC/C=C/C4CCC(CC4)C[C@@H](C(=O)N(C)CC(=O)N[C@@H](CCC4CC(F)C(C(F)(F)F)C(F)C4)C(=O)N2C1)N1CC/C=C\C[C@@H](C1=O)N(C)C(=O)CN(C)C(=O)[C@H]([C@@H](C)CC)NC3=O. The highest BCUT2D eigenvalue weighted by molar-refractivity contribution is 6.01. The predicted octanol–water partition coefficient (Wildman–Crippen LogP) is 6.75. The highest BCUT2D eigenvalue weighted by Crippen LogP contribution is 2.50. The summed E-state index contributed by atoms with van der Waals surface area (Å²) in [6, 6.07) is -10.8. The van der Waals surface area contributed by atoms with E-state index >= 15 is 47.1 Å². The Morgan fingerprint density at radius 2 is 1.27 bits per heavy atom. The number of likely N-dealkylation sites (N-methyl/N-ethyl adjacent to an activating group) is 7. The number of nitrogens with zero attached hydrogens (tertiary/aromatic N) is 9. The van der Waals surface area contributed by atoms with Gasteiger partial charge in [0.05, 0.1) is 25.6 Å². The molecule has 3 saturated carbocycles. The highest BCUT2D eigenvalue weighted by Gasteiger charge is 2.60. The summed E-state index contributed by atoms with van der Waals surface area (Å²) in [5.74, 6) is -13.6. The van der Waals surface area contributed by atoms with Crippen LogP contribution in [0.1, 0.15) is 190 Å². The molecule has 108 heavy (non-hydrogen) atoms. The van der Waals surface area contributed by atoms with Crippen molar-refractivity contribution in [2.24, 2.45) is 40.9 Å². The lowest BCUT2D eigenvalue weighted by Gasteiger charge is -2.54. The first-order valence-electron chi connectivity index (χ1n) is 39.3. The summed E-state index contributed by atoms with van der Waals surface area (Å²) in [6.45, 7) is 11.3. The molecular formula is C78H123F5N12O13. The van der Waals surface area contributed by atoms with Crippen molar-refractivity contribution in [3.63, 3.8) is 0 Å². The van der Waals surface area contributed by atoms with E-state index in [1.807, 2.05) is 40.7 Å². The fourth-order valence-corrected chi connectivity index (χ4v) is 17.8. The zero-order valence-electron chi connectivity index (χ0n) is 66.4. The molecule has 10 rings (SSSR count). The van der Waals surface area contributed by atoms with Crippen LogP contribution in [0.3, 0.4) is 0 Å². The van der Waals surface area contributed by atoms with Crippen LogP contribution in [0, 0.1) is 40.9 Å².